The van der Waals surface area contributed by atoms with E-state index in [1.165, 1.54) is 22.9 Å². The zero-order chi connectivity index (χ0) is 23.1. The molecule has 0 fully saturated rings. The van der Waals surface area contributed by atoms with Gasteiger partial charge in [0.1, 0.15) is 17.1 Å². The summed E-state index contributed by atoms with van der Waals surface area (Å²) >= 11 is 5.74. The van der Waals surface area contributed by atoms with E-state index in [1.54, 1.807) is 19.9 Å². The van der Waals surface area contributed by atoms with Crippen molar-refractivity contribution in [3.8, 4) is 5.75 Å². The Balaban J connectivity index is 2.29. The van der Waals surface area contributed by atoms with Crippen molar-refractivity contribution in [1.29, 1.82) is 0 Å². The third-order valence-corrected chi connectivity index (χ3v) is 5.53. The second-order valence-electron chi connectivity index (χ2n) is 7.51. The van der Waals surface area contributed by atoms with Crippen molar-refractivity contribution in [1.82, 2.24) is 9.88 Å². The van der Waals surface area contributed by atoms with Crippen LogP contribution in [0.5, 0.6) is 5.75 Å². The third kappa shape index (κ3) is 5.73. The van der Waals surface area contributed by atoms with E-state index in [4.69, 9.17) is 11.6 Å². The fourth-order valence-corrected chi connectivity index (χ4v) is 3.53. The number of benzene rings is 1. The molecule has 0 aliphatic heterocycles. The summed E-state index contributed by atoms with van der Waals surface area (Å²) in [6.45, 7) is 5.66. The molecule has 1 aromatic carbocycles. The van der Waals surface area contributed by atoms with Crippen LogP contribution >= 0.6 is 11.6 Å². The van der Waals surface area contributed by atoms with E-state index >= 15 is 0 Å². The minimum atomic E-state index is -0.933. The van der Waals surface area contributed by atoms with Gasteiger partial charge in [-0.3, -0.25) is 14.4 Å². The van der Waals surface area contributed by atoms with E-state index in [-0.39, 0.29) is 46.6 Å². The molecule has 1 amide bonds. The van der Waals surface area contributed by atoms with Crippen LogP contribution in [0.15, 0.2) is 29.2 Å². The fourth-order valence-electron chi connectivity index (χ4n) is 3.34. The molecule has 31 heavy (non-hydrogen) atoms. The molecule has 1 atom stereocenters. The molecule has 0 bridgehead atoms. The smallest absolute Gasteiger partial charge is 0.257 e. The van der Waals surface area contributed by atoms with Gasteiger partial charge in [0.25, 0.3) is 5.91 Å². The second kappa shape index (κ2) is 11.1. The maximum absolute atomic E-state index is 14.0. The Morgan fingerprint density at radius 3 is 2.61 bits per heavy atom. The Labute approximate surface area is 186 Å². The molecule has 168 valence electrons. The van der Waals surface area contributed by atoms with E-state index in [0.717, 1.165) is 19.3 Å². The Morgan fingerprint density at radius 2 is 1.97 bits per heavy atom. The molecule has 2 aromatic rings. The summed E-state index contributed by atoms with van der Waals surface area (Å²) in [7, 11) is 0. The van der Waals surface area contributed by atoms with Crippen molar-refractivity contribution in [3.63, 3.8) is 0 Å². The summed E-state index contributed by atoms with van der Waals surface area (Å²) in [6.07, 6.45) is 4.81. The quantitative estimate of drug-likeness (QED) is 0.405. The first-order valence-corrected chi connectivity index (χ1v) is 10.8. The van der Waals surface area contributed by atoms with Crippen molar-refractivity contribution in [2.75, 3.05) is 0 Å². The van der Waals surface area contributed by atoms with Crippen LogP contribution in [-0.2, 0) is 13.1 Å². The van der Waals surface area contributed by atoms with Gasteiger partial charge in [-0.05, 0) is 19.4 Å². The topological polar surface area (TPSA) is 88.4 Å². The van der Waals surface area contributed by atoms with Gasteiger partial charge in [0, 0.05) is 30.8 Å². The predicted octanol–water partition coefficient (Wildman–Crippen LogP) is 4.70. The summed E-state index contributed by atoms with van der Waals surface area (Å²) in [4.78, 5) is 38.1. The lowest BCUT2D eigenvalue weighted by molar-refractivity contribution is 0.0902. The number of carbonyl (C=O) groups excluding carboxylic acids is 2. The van der Waals surface area contributed by atoms with Gasteiger partial charge in [-0.2, -0.15) is 0 Å². The highest BCUT2D eigenvalue weighted by atomic mass is 35.5. The molecule has 6 nitrogen and oxygen atoms in total. The molecular formula is C23H28ClFN2O4. The number of carbonyl (C=O) groups is 2. The summed E-state index contributed by atoms with van der Waals surface area (Å²) in [6, 6.07) is 4.40. The molecule has 0 saturated carbocycles. The maximum Gasteiger partial charge on any atom is 0.257 e. The first kappa shape index (κ1) is 24.6. The van der Waals surface area contributed by atoms with Crippen molar-refractivity contribution in [2.45, 2.75) is 59.5 Å². The van der Waals surface area contributed by atoms with Crippen LogP contribution in [0, 0.1) is 11.7 Å². The molecular weight excluding hydrogens is 423 g/mol. The summed E-state index contributed by atoms with van der Waals surface area (Å²) in [5.41, 5.74) is -1.18. The number of ketones is 1. The van der Waals surface area contributed by atoms with E-state index in [0.29, 0.717) is 6.42 Å². The Morgan fingerprint density at radius 1 is 1.26 bits per heavy atom. The average Bonchev–Trinajstić information content (AvgIpc) is 2.75. The number of aromatic nitrogens is 1. The van der Waals surface area contributed by atoms with Gasteiger partial charge in [-0.15, -0.1) is 0 Å². The lowest BCUT2D eigenvalue weighted by Gasteiger charge is -2.17. The zero-order valence-corrected chi connectivity index (χ0v) is 18.8. The van der Waals surface area contributed by atoms with Crippen molar-refractivity contribution < 1.29 is 19.1 Å². The number of pyridine rings is 1. The van der Waals surface area contributed by atoms with Gasteiger partial charge in [-0.1, -0.05) is 56.8 Å². The van der Waals surface area contributed by atoms with E-state index in [2.05, 4.69) is 12.2 Å². The normalized spacial score (nSPS) is 11.9. The van der Waals surface area contributed by atoms with Gasteiger partial charge >= 0.3 is 0 Å². The number of nitrogens with zero attached hydrogens (tertiary/aromatic N) is 1. The number of halogens is 2. The summed E-state index contributed by atoms with van der Waals surface area (Å²) in [5, 5.41) is 12.9. The lowest BCUT2D eigenvalue weighted by atomic mass is 9.95. The lowest BCUT2D eigenvalue weighted by Crippen LogP contribution is -2.31. The second-order valence-corrected chi connectivity index (χ2v) is 7.92. The molecule has 1 unspecified atom stereocenters. The van der Waals surface area contributed by atoms with Crippen LogP contribution in [0.2, 0.25) is 5.02 Å². The van der Waals surface area contributed by atoms with Crippen LogP contribution in [0.25, 0.3) is 0 Å². The first-order valence-electron chi connectivity index (χ1n) is 10.4. The number of Topliss-reactive ketones (excluding diaryl/α,β-unsaturated/α-hetero) is 1. The van der Waals surface area contributed by atoms with Crippen LogP contribution < -0.4 is 10.7 Å². The van der Waals surface area contributed by atoms with E-state index in [9.17, 15) is 23.9 Å². The van der Waals surface area contributed by atoms with Crippen LogP contribution in [0.1, 0.15) is 72.9 Å². The molecule has 2 rings (SSSR count). The molecule has 0 radical (unpaired) electrons. The number of rotatable bonds is 10. The van der Waals surface area contributed by atoms with Gasteiger partial charge in [0.2, 0.25) is 5.43 Å². The average molecular weight is 451 g/mol. The Kier molecular flexibility index (Phi) is 8.80. The highest BCUT2D eigenvalue weighted by molar-refractivity contribution is 6.30. The van der Waals surface area contributed by atoms with Gasteiger partial charge in [-0.25, -0.2) is 4.39 Å². The van der Waals surface area contributed by atoms with Gasteiger partial charge in [0.15, 0.2) is 11.5 Å². The highest BCUT2D eigenvalue weighted by Crippen LogP contribution is 2.22. The maximum atomic E-state index is 14.0. The number of unbranched alkanes of at least 4 members (excludes halogenated alkanes) is 2. The number of aryl methyl sites for hydroxylation is 1. The zero-order valence-electron chi connectivity index (χ0n) is 18.0. The van der Waals surface area contributed by atoms with E-state index in [1.807, 2.05) is 0 Å². The third-order valence-electron chi connectivity index (χ3n) is 5.23. The molecule has 0 spiro atoms. The number of nitrogens with one attached hydrogen (secondary N) is 1. The largest absolute Gasteiger partial charge is 0.503 e. The molecule has 2 N–H and O–H groups in total. The molecule has 8 heteroatoms. The number of hydrogen-bond acceptors (Lipinski definition) is 4. The van der Waals surface area contributed by atoms with Gasteiger partial charge in [0.05, 0.1) is 5.02 Å². The van der Waals surface area contributed by atoms with Crippen LogP contribution in [-0.4, -0.2) is 21.4 Å². The van der Waals surface area contributed by atoms with Crippen molar-refractivity contribution in [3.05, 3.63) is 62.3 Å². The molecule has 1 aromatic heterocycles. The minimum Gasteiger partial charge on any atom is -0.503 e. The summed E-state index contributed by atoms with van der Waals surface area (Å²) < 4.78 is 15.4. The Bertz CT molecular complexity index is 1020. The van der Waals surface area contributed by atoms with E-state index < -0.39 is 22.9 Å². The van der Waals surface area contributed by atoms with Crippen molar-refractivity contribution in [2.24, 2.45) is 5.92 Å². The Hall–Kier alpha value is -2.67. The standard InChI is InChI=1S/C23H28ClFN2O4/c1-4-6-7-9-14(3)20(28)19-22(30)21(29)16(13-27(19)5-2)23(31)26-12-15-10-8-11-17(24)18(15)25/h8,10-11,13-14,30H,4-7,9,12H2,1-3H3,(H,26,31). The number of aromatic hydroxyl groups is 1. The number of amides is 1. The molecule has 0 aliphatic carbocycles. The summed E-state index contributed by atoms with van der Waals surface area (Å²) in [5.74, 6) is -2.87. The molecule has 0 saturated heterocycles. The van der Waals surface area contributed by atoms with Crippen molar-refractivity contribution >= 4 is 23.3 Å². The molecule has 1 heterocycles. The SMILES string of the molecule is CCCCCC(C)C(=O)c1c(O)c(=O)c(C(=O)NCc2cccc(Cl)c2F)cn1CC. The molecule has 0 aliphatic rings. The first-order chi connectivity index (χ1) is 14.7. The van der Waals surface area contributed by atoms with Crippen LogP contribution in [0.4, 0.5) is 4.39 Å². The minimum absolute atomic E-state index is 0.0753. The number of hydrogen-bond donors (Lipinski definition) is 2. The highest BCUT2D eigenvalue weighted by Gasteiger charge is 2.26. The van der Waals surface area contributed by atoms with Gasteiger partial charge < -0.3 is 15.0 Å². The van der Waals surface area contributed by atoms with Crippen LogP contribution in [0.3, 0.4) is 0 Å². The monoisotopic (exact) mass is 450 g/mol. The fraction of sp³-hybridized carbons (Fsp3) is 0.435. The predicted molar refractivity (Wildman–Crippen MR) is 118 cm³/mol.